The van der Waals surface area contributed by atoms with Crippen LogP contribution < -0.4 is 16.4 Å². The molecule has 0 bridgehead atoms. The average molecular weight is 354 g/mol. The van der Waals surface area contributed by atoms with E-state index in [9.17, 15) is 14.4 Å². The van der Waals surface area contributed by atoms with Gasteiger partial charge < -0.3 is 0 Å². The molecule has 26 heavy (non-hydrogen) atoms. The maximum atomic E-state index is 12.5. The zero-order chi connectivity index (χ0) is 18.8. The van der Waals surface area contributed by atoms with Crippen LogP contribution in [0.4, 0.5) is 0 Å². The van der Waals surface area contributed by atoms with Gasteiger partial charge >= 0.3 is 0 Å². The number of rotatable bonds is 3. The molecule has 1 aromatic carbocycles. The molecule has 134 valence electrons. The number of hydrazine groups is 1. The minimum Gasteiger partial charge on any atom is -0.267 e. The first kappa shape index (κ1) is 17.3. The Morgan fingerprint density at radius 1 is 1.08 bits per heavy atom. The van der Waals surface area contributed by atoms with E-state index in [4.69, 9.17) is 0 Å². The van der Waals surface area contributed by atoms with Crippen molar-refractivity contribution in [2.24, 2.45) is 7.05 Å². The summed E-state index contributed by atoms with van der Waals surface area (Å²) < 4.78 is 2.63. The molecule has 2 N–H and O–H groups in total. The van der Waals surface area contributed by atoms with E-state index in [2.05, 4.69) is 21.0 Å². The summed E-state index contributed by atoms with van der Waals surface area (Å²) in [4.78, 5) is 37.0. The Kier molecular flexibility index (Phi) is 4.53. The number of carbonyl (C=O) groups is 2. The van der Waals surface area contributed by atoms with E-state index in [1.165, 1.54) is 9.36 Å². The SMILES string of the molecule is CCn1nc(C(=O)NNC(=O)c2cc(C)nn2C)c2ccccc2c1=O. The molecule has 0 aliphatic rings. The van der Waals surface area contributed by atoms with Crippen LogP contribution in [0.2, 0.25) is 0 Å². The molecule has 0 aliphatic heterocycles. The van der Waals surface area contributed by atoms with E-state index < -0.39 is 11.8 Å². The molecule has 0 saturated carbocycles. The highest BCUT2D eigenvalue weighted by Gasteiger charge is 2.18. The highest BCUT2D eigenvalue weighted by atomic mass is 16.2. The van der Waals surface area contributed by atoms with Gasteiger partial charge in [-0.1, -0.05) is 18.2 Å². The summed E-state index contributed by atoms with van der Waals surface area (Å²) in [5, 5.41) is 9.01. The van der Waals surface area contributed by atoms with E-state index in [0.29, 0.717) is 28.7 Å². The van der Waals surface area contributed by atoms with Crippen molar-refractivity contribution < 1.29 is 9.59 Å². The zero-order valence-corrected chi connectivity index (χ0v) is 14.6. The molecule has 0 atom stereocenters. The summed E-state index contributed by atoms with van der Waals surface area (Å²) in [6, 6.07) is 8.32. The second kappa shape index (κ2) is 6.79. The van der Waals surface area contributed by atoms with Crippen molar-refractivity contribution in [1.29, 1.82) is 0 Å². The van der Waals surface area contributed by atoms with Gasteiger partial charge in [0, 0.05) is 19.0 Å². The van der Waals surface area contributed by atoms with E-state index in [1.807, 2.05) is 0 Å². The minimum absolute atomic E-state index is 0.0588. The number of carbonyl (C=O) groups excluding carboxylic acids is 2. The van der Waals surface area contributed by atoms with Gasteiger partial charge in [0.2, 0.25) is 0 Å². The summed E-state index contributed by atoms with van der Waals surface area (Å²) in [5.41, 5.74) is 5.46. The highest BCUT2D eigenvalue weighted by molar-refractivity contribution is 6.05. The summed E-state index contributed by atoms with van der Waals surface area (Å²) in [5.74, 6) is -1.12. The number of aromatic nitrogens is 4. The second-order valence-electron chi connectivity index (χ2n) is 5.72. The van der Waals surface area contributed by atoms with Crippen molar-refractivity contribution in [2.75, 3.05) is 0 Å². The second-order valence-corrected chi connectivity index (χ2v) is 5.72. The molecule has 0 radical (unpaired) electrons. The van der Waals surface area contributed by atoms with Gasteiger partial charge in [-0.05, 0) is 26.0 Å². The smallest absolute Gasteiger partial charge is 0.267 e. The largest absolute Gasteiger partial charge is 0.290 e. The fourth-order valence-corrected chi connectivity index (χ4v) is 2.68. The van der Waals surface area contributed by atoms with Crippen molar-refractivity contribution in [3.8, 4) is 0 Å². The lowest BCUT2D eigenvalue weighted by molar-refractivity contribution is 0.0838. The van der Waals surface area contributed by atoms with E-state index in [0.717, 1.165) is 0 Å². The third-order valence-electron chi connectivity index (χ3n) is 3.91. The van der Waals surface area contributed by atoms with Gasteiger partial charge in [-0.3, -0.25) is 29.9 Å². The third-order valence-corrected chi connectivity index (χ3v) is 3.91. The molecule has 2 heterocycles. The minimum atomic E-state index is -0.615. The predicted molar refractivity (Wildman–Crippen MR) is 94.6 cm³/mol. The van der Waals surface area contributed by atoms with Crippen LogP contribution in [0.5, 0.6) is 0 Å². The Morgan fingerprint density at radius 3 is 2.35 bits per heavy atom. The molecule has 0 unspecified atom stereocenters. The van der Waals surface area contributed by atoms with E-state index >= 15 is 0 Å². The van der Waals surface area contributed by atoms with Crippen molar-refractivity contribution in [3.63, 3.8) is 0 Å². The van der Waals surface area contributed by atoms with Crippen molar-refractivity contribution >= 4 is 22.6 Å². The van der Waals surface area contributed by atoms with Crippen molar-refractivity contribution in [1.82, 2.24) is 30.4 Å². The summed E-state index contributed by atoms with van der Waals surface area (Å²) in [7, 11) is 1.63. The van der Waals surface area contributed by atoms with Gasteiger partial charge in [-0.25, -0.2) is 4.68 Å². The number of nitrogens with zero attached hydrogens (tertiary/aromatic N) is 4. The molecule has 0 spiro atoms. The summed E-state index contributed by atoms with van der Waals surface area (Å²) in [6.07, 6.45) is 0. The first-order chi connectivity index (χ1) is 12.4. The van der Waals surface area contributed by atoms with E-state index in [1.54, 1.807) is 51.2 Å². The molecule has 3 rings (SSSR count). The fourth-order valence-electron chi connectivity index (χ4n) is 2.68. The topological polar surface area (TPSA) is 111 Å². The van der Waals surface area contributed by atoms with Crippen LogP contribution in [-0.2, 0) is 13.6 Å². The summed E-state index contributed by atoms with van der Waals surface area (Å²) >= 11 is 0. The molecular formula is C17H18N6O3. The lowest BCUT2D eigenvalue weighted by Crippen LogP contribution is -2.43. The van der Waals surface area contributed by atoms with Gasteiger partial charge in [0.1, 0.15) is 5.69 Å². The molecule has 2 amide bonds. The van der Waals surface area contributed by atoms with Crippen LogP contribution in [-0.4, -0.2) is 31.4 Å². The standard InChI is InChI=1S/C17H18N6O3/c1-4-23-17(26)12-8-6-5-7-11(12)14(21-23)16(25)19-18-15(24)13-9-10(2)20-22(13)3/h5-9H,4H2,1-3H3,(H,18,24)(H,19,25). The zero-order valence-electron chi connectivity index (χ0n) is 14.6. The number of nitrogens with one attached hydrogen (secondary N) is 2. The normalized spacial score (nSPS) is 10.7. The van der Waals surface area contributed by atoms with Crippen molar-refractivity contribution in [2.45, 2.75) is 20.4 Å². The Labute approximate surface area is 148 Å². The van der Waals surface area contributed by atoms with E-state index in [-0.39, 0.29) is 11.3 Å². The number of hydrogen-bond acceptors (Lipinski definition) is 5. The maximum absolute atomic E-state index is 12.5. The van der Waals surface area contributed by atoms with Crippen LogP contribution in [0.1, 0.15) is 33.6 Å². The third kappa shape index (κ3) is 3.06. The highest BCUT2D eigenvalue weighted by Crippen LogP contribution is 2.13. The quantitative estimate of drug-likeness (QED) is 0.667. The van der Waals surface area contributed by atoms with Gasteiger partial charge in [0.05, 0.1) is 11.1 Å². The average Bonchev–Trinajstić information content (AvgIpc) is 2.98. The van der Waals surface area contributed by atoms with Crippen molar-refractivity contribution in [3.05, 3.63) is 57.8 Å². The molecular weight excluding hydrogens is 336 g/mol. The number of benzene rings is 1. The fraction of sp³-hybridized carbons (Fsp3) is 0.235. The number of hydrogen-bond donors (Lipinski definition) is 2. The first-order valence-electron chi connectivity index (χ1n) is 8.03. The molecule has 3 aromatic rings. The van der Waals surface area contributed by atoms with Gasteiger partial charge in [-0.15, -0.1) is 0 Å². The number of aryl methyl sites for hydroxylation is 3. The van der Waals surface area contributed by atoms with Gasteiger partial charge in [0.25, 0.3) is 17.4 Å². The van der Waals surface area contributed by atoms with Gasteiger partial charge in [0.15, 0.2) is 5.69 Å². The Morgan fingerprint density at radius 2 is 1.73 bits per heavy atom. The van der Waals surface area contributed by atoms with Gasteiger partial charge in [-0.2, -0.15) is 10.2 Å². The lowest BCUT2D eigenvalue weighted by Gasteiger charge is -2.11. The number of fused-ring (bicyclic) bond motifs is 1. The molecule has 9 nitrogen and oxygen atoms in total. The molecule has 9 heteroatoms. The molecule has 2 aromatic heterocycles. The van der Waals surface area contributed by atoms with Crippen LogP contribution in [0, 0.1) is 6.92 Å². The maximum Gasteiger partial charge on any atom is 0.290 e. The van der Waals surface area contributed by atoms with Crippen LogP contribution in [0.15, 0.2) is 35.1 Å². The van der Waals surface area contributed by atoms with Crippen LogP contribution in [0.3, 0.4) is 0 Å². The molecule has 0 fully saturated rings. The van der Waals surface area contributed by atoms with Crippen LogP contribution >= 0.6 is 0 Å². The Balaban J connectivity index is 1.88. The Hall–Kier alpha value is -3.49. The number of amides is 2. The predicted octanol–water partition coefficient (Wildman–Crippen LogP) is 0.533. The van der Waals surface area contributed by atoms with Crippen LogP contribution in [0.25, 0.3) is 10.8 Å². The first-order valence-corrected chi connectivity index (χ1v) is 8.03. The Bertz CT molecular complexity index is 1070. The molecule has 0 saturated heterocycles. The summed E-state index contributed by atoms with van der Waals surface area (Å²) in [6.45, 7) is 3.85. The monoisotopic (exact) mass is 354 g/mol. The lowest BCUT2D eigenvalue weighted by atomic mass is 10.1. The molecule has 0 aliphatic carbocycles.